The molecule has 2 aliphatic rings. The molecule has 1 aliphatic carbocycles. The smallest absolute Gasteiger partial charge is 0.237 e. The first-order valence-corrected chi connectivity index (χ1v) is 7.16. The lowest BCUT2D eigenvalue weighted by Crippen LogP contribution is -2.56. The highest BCUT2D eigenvalue weighted by Gasteiger charge is 2.39. The lowest BCUT2D eigenvalue weighted by atomic mass is 9.95. The number of carbonyl (C=O) groups is 1. The molecule has 1 atom stereocenters. The van der Waals surface area contributed by atoms with Crippen molar-refractivity contribution in [1.82, 2.24) is 10.2 Å². The minimum Gasteiger partial charge on any atom is -0.368 e. The Kier molecular flexibility index (Phi) is 3.70. The molecule has 2 fully saturated rings. The van der Waals surface area contributed by atoms with Gasteiger partial charge in [-0.15, -0.1) is 0 Å². The van der Waals surface area contributed by atoms with Crippen molar-refractivity contribution >= 4 is 5.91 Å². The highest BCUT2D eigenvalue weighted by atomic mass is 16.1. The molecular formula is C14H27N3O. The first-order chi connectivity index (χ1) is 8.33. The molecule has 1 saturated carbocycles. The summed E-state index contributed by atoms with van der Waals surface area (Å²) < 4.78 is 0. The Balaban J connectivity index is 1.91. The molecular weight excluding hydrogens is 226 g/mol. The summed E-state index contributed by atoms with van der Waals surface area (Å²) in [6.07, 6.45) is 5.67. The second-order valence-electron chi connectivity index (χ2n) is 6.77. The molecule has 1 heterocycles. The number of hydrogen-bond acceptors (Lipinski definition) is 3. The molecule has 1 aliphatic heterocycles. The van der Waals surface area contributed by atoms with Crippen LogP contribution in [-0.2, 0) is 4.79 Å². The van der Waals surface area contributed by atoms with Gasteiger partial charge in [-0.3, -0.25) is 9.69 Å². The van der Waals surface area contributed by atoms with E-state index in [-0.39, 0.29) is 11.4 Å². The summed E-state index contributed by atoms with van der Waals surface area (Å²) in [5, 5.41) is 3.42. The average Bonchev–Trinajstić information content (AvgIpc) is 2.99. The van der Waals surface area contributed by atoms with Crippen LogP contribution in [0.25, 0.3) is 0 Å². The number of nitrogens with one attached hydrogen (secondary N) is 1. The summed E-state index contributed by atoms with van der Waals surface area (Å²) in [6, 6.07) is 0.508. The monoisotopic (exact) mass is 253 g/mol. The third kappa shape index (κ3) is 3.04. The minimum absolute atomic E-state index is 0.216. The van der Waals surface area contributed by atoms with E-state index in [0.29, 0.717) is 6.04 Å². The largest absolute Gasteiger partial charge is 0.368 e. The van der Waals surface area contributed by atoms with Crippen LogP contribution in [0.4, 0.5) is 0 Å². The second-order valence-corrected chi connectivity index (χ2v) is 6.77. The number of amides is 1. The summed E-state index contributed by atoms with van der Waals surface area (Å²) in [5.41, 5.74) is 5.31. The zero-order valence-electron chi connectivity index (χ0n) is 12.0. The van der Waals surface area contributed by atoms with Gasteiger partial charge in [0, 0.05) is 18.1 Å². The molecule has 0 bridgehead atoms. The maximum atomic E-state index is 11.7. The fraction of sp³-hybridized carbons (Fsp3) is 0.929. The molecule has 1 amide bonds. The highest BCUT2D eigenvalue weighted by Crippen LogP contribution is 2.30. The molecule has 4 nitrogen and oxygen atoms in total. The standard InChI is InChI=1S/C14H27N3O/c1-13(2)7-4-9-17(13)10-8-14(3,12(15)18)16-11-5-6-11/h11,16H,4-10H2,1-3H3,(H2,15,18). The van der Waals surface area contributed by atoms with Crippen LogP contribution in [-0.4, -0.2) is 41.0 Å². The predicted molar refractivity (Wildman–Crippen MR) is 73.3 cm³/mol. The molecule has 0 aromatic rings. The Labute approximate surface area is 110 Å². The summed E-state index contributed by atoms with van der Waals surface area (Å²) in [6.45, 7) is 8.63. The molecule has 4 heteroatoms. The van der Waals surface area contributed by atoms with E-state index < -0.39 is 5.54 Å². The zero-order chi connectivity index (χ0) is 13.4. The summed E-state index contributed by atoms with van der Waals surface area (Å²) in [7, 11) is 0. The highest BCUT2D eigenvalue weighted by molar-refractivity contribution is 5.84. The van der Waals surface area contributed by atoms with Crippen LogP contribution in [0.1, 0.15) is 52.9 Å². The van der Waals surface area contributed by atoms with E-state index in [2.05, 4.69) is 24.1 Å². The Morgan fingerprint density at radius 2 is 2.17 bits per heavy atom. The van der Waals surface area contributed by atoms with Gasteiger partial charge in [-0.2, -0.15) is 0 Å². The number of nitrogens with zero attached hydrogens (tertiary/aromatic N) is 1. The number of nitrogens with two attached hydrogens (primary N) is 1. The van der Waals surface area contributed by atoms with Crippen LogP contribution in [0.2, 0.25) is 0 Å². The molecule has 3 N–H and O–H groups in total. The topological polar surface area (TPSA) is 58.4 Å². The third-order valence-electron chi connectivity index (χ3n) is 4.60. The fourth-order valence-electron chi connectivity index (χ4n) is 2.88. The SMILES string of the molecule is CC(CCN1CCCC1(C)C)(NC1CC1)C(N)=O. The van der Waals surface area contributed by atoms with Gasteiger partial charge in [0.05, 0.1) is 5.54 Å². The van der Waals surface area contributed by atoms with Gasteiger partial charge in [-0.1, -0.05) is 0 Å². The minimum atomic E-state index is -0.542. The lowest BCUT2D eigenvalue weighted by Gasteiger charge is -2.35. The van der Waals surface area contributed by atoms with Crippen LogP contribution in [0, 0.1) is 0 Å². The van der Waals surface area contributed by atoms with E-state index in [1.54, 1.807) is 0 Å². The van der Waals surface area contributed by atoms with E-state index >= 15 is 0 Å². The van der Waals surface area contributed by atoms with Gasteiger partial charge in [0.25, 0.3) is 0 Å². The first kappa shape index (κ1) is 13.8. The Bertz CT molecular complexity index is 325. The van der Waals surface area contributed by atoms with Gasteiger partial charge in [-0.25, -0.2) is 0 Å². The summed E-state index contributed by atoms with van der Waals surface area (Å²) in [4.78, 5) is 14.2. The van der Waals surface area contributed by atoms with Crippen molar-refractivity contribution in [3.8, 4) is 0 Å². The molecule has 0 aromatic heterocycles. The quantitative estimate of drug-likeness (QED) is 0.749. The van der Waals surface area contributed by atoms with Gasteiger partial charge in [-0.05, 0) is 59.4 Å². The van der Waals surface area contributed by atoms with Crippen LogP contribution >= 0.6 is 0 Å². The zero-order valence-corrected chi connectivity index (χ0v) is 12.0. The molecule has 0 spiro atoms. The van der Waals surface area contributed by atoms with Crippen molar-refractivity contribution in [1.29, 1.82) is 0 Å². The average molecular weight is 253 g/mol. The maximum Gasteiger partial charge on any atom is 0.237 e. The van der Waals surface area contributed by atoms with Gasteiger partial charge < -0.3 is 11.1 Å². The molecule has 1 unspecified atom stereocenters. The van der Waals surface area contributed by atoms with E-state index in [1.807, 2.05) is 6.92 Å². The Hall–Kier alpha value is -0.610. The van der Waals surface area contributed by atoms with Crippen LogP contribution < -0.4 is 11.1 Å². The van der Waals surface area contributed by atoms with Gasteiger partial charge >= 0.3 is 0 Å². The van der Waals surface area contributed by atoms with E-state index in [0.717, 1.165) is 19.5 Å². The molecule has 0 aromatic carbocycles. The van der Waals surface area contributed by atoms with E-state index in [4.69, 9.17) is 5.73 Å². The maximum absolute atomic E-state index is 11.7. The molecule has 0 radical (unpaired) electrons. The molecule has 1 saturated heterocycles. The van der Waals surface area contributed by atoms with Crippen molar-refractivity contribution in [2.24, 2.45) is 5.73 Å². The molecule has 18 heavy (non-hydrogen) atoms. The summed E-state index contributed by atoms with van der Waals surface area (Å²) in [5.74, 6) is -0.216. The van der Waals surface area contributed by atoms with Crippen molar-refractivity contribution < 1.29 is 4.79 Å². The molecule has 2 rings (SSSR count). The van der Waals surface area contributed by atoms with Gasteiger partial charge in [0.1, 0.15) is 0 Å². The van der Waals surface area contributed by atoms with Crippen LogP contribution in [0.3, 0.4) is 0 Å². The summed E-state index contributed by atoms with van der Waals surface area (Å²) >= 11 is 0. The predicted octanol–water partition coefficient (Wildman–Crippen LogP) is 1.25. The van der Waals surface area contributed by atoms with Gasteiger partial charge in [0.15, 0.2) is 0 Å². The van der Waals surface area contributed by atoms with Crippen molar-refractivity contribution in [2.45, 2.75) is 70.0 Å². The lowest BCUT2D eigenvalue weighted by molar-refractivity contribution is -0.124. The normalized spacial score (nSPS) is 27.1. The number of primary amides is 1. The fourth-order valence-corrected chi connectivity index (χ4v) is 2.88. The number of hydrogen-bond donors (Lipinski definition) is 2. The van der Waals surface area contributed by atoms with Crippen molar-refractivity contribution in [3.05, 3.63) is 0 Å². The third-order valence-corrected chi connectivity index (χ3v) is 4.60. The van der Waals surface area contributed by atoms with Crippen molar-refractivity contribution in [2.75, 3.05) is 13.1 Å². The first-order valence-electron chi connectivity index (χ1n) is 7.16. The Morgan fingerprint density at radius 1 is 1.50 bits per heavy atom. The van der Waals surface area contributed by atoms with E-state index in [9.17, 15) is 4.79 Å². The number of rotatable bonds is 6. The van der Waals surface area contributed by atoms with Gasteiger partial charge in [0.2, 0.25) is 5.91 Å². The number of carbonyl (C=O) groups excluding carboxylic acids is 1. The molecule has 104 valence electrons. The van der Waals surface area contributed by atoms with Crippen LogP contribution in [0.5, 0.6) is 0 Å². The number of likely N-dealkylation sites (tertiary alicyclic amines) is 1. The Morgan fingerprint density at radius 3 is 2.61 bits per heavy atom. The second kappa shape index (κ2) is 4.82. The van der Waals surface area contributed by atoms with E-state index in [1.165, 1.54) is 25.7 Å². The van der Waals surface area contributed by atoms with Crippen molar-refractivity contribution in [3.63, 3.8) is 0 Å². The van der Waals surface area contributed by atoms with Crippen LogP contribution in [0.15, 0.2) is 0 Å².